The molecule has 4 heteroatoms. The van der Waals surface area contributed by atoms with Crippen LogP contribution in [0.15, 0.2) is 12.1 Å². The molecule has 1 aromatic carbocycles. The van der Waals surface area contributed by atoms with Crippen LogP contribution in [0.2, 0.25) is 0 Å². The molecule has 0 bridgehead atoms. The first kappa shape index (κ1) is 12.4. The van der Waals surface area contributed by atoms with Crippen LogP contribution in [-0.4, -0.2) is 28.8 Å². The lowest BCUT2D eigenvalue weighted by Gasteiger charge is -2.40. The third-order valence-electron chi connectivity index (χ3n) is 4.36. The molecular formula is C15H18N2O2. The number of imide groups is 1. The summed E-state index contributed by atoms with van der Waals surface area (Å²) in [6.45, 7) is 4.08. The van der Waals surface area contributed by atoms with Gasteiger partial charge in [-0.15, -0.1) is 0 Å². The lowest BCUT2D eigenvalue weighted by atomic mass is 9.77. The number of nitrogens with zero attached hydrogens (tertiary/aromatic N) is 1. The van der Waals surface area contributed by atoms with Crippen molar-refractivity contribution in [2.24, 2.45) is 5.73 Å². The second kappa shape index (κ2) is 3.90. The van der Waals surface area contributed by atoms with Gasteiger partial charge in [-0.3, -0.25) is 14.5 Å². The van der Waals surface area contributed by atoms with Gasteiger partial charge < -0.3 is 5.73 Å². The van der Waals surface area contributed by atoms with Gasteiger partial charge in [-0.1, -0.05) is 12.1 Å². The molecule has 100 valence electrons. The maximum atomic E-state index is 12.4. The Labute approximate surface area is 112 Å². The molecule has 1 saturated carbocycles. The molecule has 2 amide bonds. The molecule has 1 aliphatic heterocycles. The molecular weight excluding hydrogens is 240 g/mol. The van der Waals surface area contributed by atoms with Gasteiger partial charge >= 0.3 is 0 Å². The summed E-state index contributed by atoms with van der Waals surface area (Å²) in [5.74, 6) is -0.365. The van der Waals surface area contributed by atoms with E-state index in [1.165, 1.54) is 4.90 Å². The molecule has 19 heavy (non-hydrogen) atoms. The summed E-state index contributed by atoms with van der Waals surface area (Å²) in [6, 6.07) is 3.79. The van der Waals surface area contributed by atoms with Crippen molar-refractivity contribution in [3.05, 3.63) is 34.4 Å². The fraction of sp³-hybridized carbons (Fsp3) is 0.467. The average Bonchev–Trinajstić information content (AvgIpc) is 2.58. The van der Waals surface area contributed by atoms with Crippen LogP contribution in [0.3, 0.4) is 0 Å². The molecule has 1 fully saturated rings. The van der Waals surface area contributed by atoms with Crippen molar-refractivity contribution >= 4 is 11.8 Å². The molecule has 1 aliphatic carbocycles. The van der Waals surface area contributed by atoms with Crippen LogP contribution in [0, 0.1) is 13.8 Å². The van der Waals surface area contributed by atoms with Crippen molar-refractivity contribution < 1.29 is 9.59 Å². The van der Waals surface area contributed by atoms with Crippen LogP contribution < -0.4 is 5.73 Å². The summed E-state index contributed by atoms with van der Waals surface area (Å²) >= 11 is 0. The maximum Gasteiger partial charge on any atom is 0.261 e. The number of hydrogen-bond acceptors (Lipinski definition) is 3. The molecule has 2 N–H and O–H groups in total. The first-order valence-electron chi connectivity index (χ1n) is 6.68. The van der Waals surface area contributed by atoms with E-state index >= 15 is 0 Å². The Morgan fingerprint density at radius 3 is 1.95 bits per heavy atom. The lowest BCUT2D eigenvalue weighted by Crippen LogP contribution is -2.56. The number of rotatable bonds is 2. The number of fused-ring (bicyclic) bond motifs is 1. The summed E-state index contributed by atoms with van der Waals surface area (Å²) in [4.78, 5) is 26.2. The van der Waals surface area contributed by atoms with E-state index in [0.717, 1.165) is 30.4 Å². The summed E-state index contributed by atoms with van der Waals surface area (Å²) in [6.07, 6.45) is 2.86. The summed E-state index contributed by atoms with van der Waals surface area (Å²) < 4.78 is 0. The van der Waals surface area contributed by atoms with Gasteiger partial charge in [0.15, 0.2) is 0 Å². The molecule has 0 radical (unpaired) electrons. The van der Waals surface area contributed by atoms with E-state index < -0.39 is 0 Å². The maximum absolute atomic E-state index is 12.4. The minimum atomic E-state index is -0.366. The van der Waals surface area contributed by atoms with Crippen LogP contribution in [0.1, 0.15) is 51.1 Å². The smallest absolute Gasteiger partial charge is 0.261 e. The molecule has 4 nitrogen and oxygen atoms in total. The van der Waals surface area contributed by atoms with Crippen molar-refractivity contribution in [3.63, 3.8) is 0 Å². The lowest BCUT2D eigenvalue weighted by molar-refractivity contribution is 0.0572. The minimum absolute atomic E-state index is 0.182. The number of benzene rings is 1. The Kier molecular flexibility index (Phi) is 2.54. The predicted molar refractivity (Wildman–Crippen MR) is 72.1 cm³/mol. The minimum Gasteiger partial charge on any atom is -0.324 e. The largest absolute Gasteiger partial charge is 0.324 e. The van der Waals surface area contributed by atoms with Crippen molar-refractivity contribution in [1.82, 2.24) is 4.90 Å². The van der Waals surface area contributed by atoms with Crippen molar-refractivity contribution in [1.29, 1.82) is 0 Å². The quantitative estimate of drug-likeness (QED) is 0.822. The first-order valence-corrected chi connectivity index (χ1v) is 6.68. The zero-order valence-electron chi connectivity index (χ0n) is 11.3. The van der Waals surface area contributed by atoms with Gasteiger partial charge in [-0.2, -0.15) is 0 Å². The van der Waals surface area contributed by atoms with E-state index in [9.17, 15) is 9.59 Å². The SMILES string of the molecule is Cc1ccc(C)c2c1C(=O)N(CC1(N)CCC1)C2=O. The van der Waals surface area contributed by atoms with E-state index in [4.69, 9.17) is 5.73 Å². The summed E-state index contributed by atoms with van der Waals surface area (Å²) in [5, 5.41) is 0. The van der Waals surface area contributed by atoms with Gasteiger partial charge in [0.2, 0.25) is 0 Å². The molecule has 2 aliphatic rings. The highest BCUT2D eigenvalue weighted by atomic mass is 16.2. The number of hydrogen-bond donors (Lipinski definition) is 1. The van der Waals surface area contributed by atoms with E-state index in [0.29, 0.717) is 17.7 Å². The van der Waals surface area contributed by atoms with E-state index in [-0.39, 0.29) is 17.4 Å². The third kappa shape index (κ3) is 1.70. The number of carbonyl (C=O) groups is 2. The monoisotopic (exact) mass is 258 g/mol. The highest BCUT2D eigenvalue weighted by Gasteiger charge is 2.43. The van der Waals surface area contributed by atoms with Gasteiger partial charge in [-0.25, -0.2) is 0 Å². The van der Waals surface area contributed by atoms with Gasteiger partial charge in [0.1, 0.15) is 0 Å². The Balaban J connectivity index is 2.00. The van der Waals surface area contributed by atoms with E-state index in [1.807, 2.05) is 26.0 Å². The topological polar surface area (TPSA) is 63.4 Å². The highest BCUT2D eigenvalue weighted by molar-refractivity contribution is 6.22. The van der Waals surface area contributed by atoms with Crippen LogP contribution in [0.4, 0.5) is 0 Å². The molecule has 0 aromatic heterocycles. The zero-order chi connectivity index (χ0) is 13.8. The molecule has 0 unspecified atom stereocenters. The van der Waals surface area contributed by atoms with Gasteiger partial charge in [0.05, 0.1) is 11.1 Å². The predicted octanol–water partition coefficient (Wildman–Crippen LogP) is 1.78. The standard InChI is InChI=1S/C15H18N2O2/c1-9-4-5-10(2)12-11(9)13(18)17(14(12)19)8-15(16)6-3-7-15/h4-5H,3,6-8,16H2,1-2H3. The number of aryl methyl sites for hydroxylation is 2. The molecule has 1 heterocycles. The third-order valence-corrected chi connectivity index (χ3v) is 4.36. The van der Waals surface area contributed by atoms with Crippen LogP contribution in [0.25, 0.3) is 0 Å². The van der Waals surface area contributed by atoms with Crippen LogP contribution >= 0.6 is 0 Å². The molecule has 0 spiro atoms. The van der Waals surface area contributed by atoms with E-state index in [1.54, 1.807) is 0 Å². The van der Waals surface area contributed by atoms with Gasteiger partial charge in [-0.05, 0) is 44.2 Å². The Hall–Kier alpha value is -1.68. The van der Waals surface area contributed by atoms with Crippen molar-refractivity contribution in [3.8, 4) is 0 Å². The highest BCUT2D eigenvalue weighted by Crippen LogP contribution is 2.34. The molecule has 3 rings (SSSR count). The van der Waals surface area contributed by atoms with Gasteiger partial charge in [0.25, 0.3) is 11.8 Å². The average molecular weight is 258 g/mol. The van der Waals surface area contributed by atoms with E-state index in [2.05, 4.69) is 0 Å². The zero-order valence-corrected chi connectivity index (χ0v) is 11.3. The summed E-state index contributed by atoms with van der Waals surface area (Å²) in [5.41, 5.74) is 8.66. The Morgan fingerprint density at radius 1 is 1.11 bits per heavy atom. The number of nitrogens with two attached hydrogens (primary N) is 1. The number of amides is 2. The Morgan fingerprint density at radius 2 is 1.58 bits per heavy atom. The fourth-order valence-electron chi connectivity index (χ4n) is 2.97. The molecule has 1 aromatic rings. The summed E-state index contributed by atoms with van der Waals surface area (Å²) in [7, 11) is 0. The van der Waals surface area contributed by atoms with Crippen molar-refractivity contribution in [2.45, 2.75) is 38.6 Å². The number of carbonyl (C=O) groups excluding carboxylic acids is 2. The van der Waals surface area contributed by atoms with Crippen LogP contribution in [0.5, 0.6) is 0 Å². The fourth-order valence-corrected chi connectivity index (χ4v) is 2.97. The second-order valence-electron chi connectivity index (χ2n) is 5.86. The van der Waals surface area contributed by atoms with Gasteiger partial charge in [0, 0.05) is 12.1 Å². The van der Waals surface area contributed by atoms with Crippen molar-refractivity contribution in [2.75, 3.05) is 6.54 Å². The normalized spacial score (nSPS) is 20.5. The first-order chi connectivity index (χ1) is 8.93. The second-order valence-corrected chi connectivity index (χ2v) is 5.86. The molecule has 0 saturated heterocycles. The van der Waals surface area contributed by atoms with Crippen LogP contribution in [-0.2, 0) is 0 Å². The Bertz CT molecular complexity index is 547. The molecule has 0 atom stereocenters.